The minimum absolute atomic E-state index is 0.142. The molecule has 0 unspecified atom stereocenters. The van der Waals surface area contributed by atoms with E-state index in [-0.39, 0.29) is 23.2 Å². The van der Waals surface area contributed by atoms with Gasteiger partial charge in [0, 0.05) is 24.1 Å². The SMILES string of the molecule is COc1cc(NC(=O)c2cc(C(F)(F)F)cnc2Oc2ccc(F)cc2C)ccn1. The number of rotatable bonds is 5. The molecule has 2 aromatic heterocycles. The third-order valence-electron chi connectivity index (χ3n) is 3.97. The number of carbonyl (C=O) groups is 1. The number of carbonyl (C=O) groups excluding carboxylic acids is 1. The quantitative estimate of drug-likeness (QED) is 0.587. The van der Waals surface area contributed by atoms with E-state index in [1.54, 1.807) is 6.92 Å². The first kappa shape index (κ1) is 21.0. The first-order valence-corrected chi connectivity index (χ1v) is 8.50. The number of halogens is 4. The van der Waals surface area contributed by atoms with Crippen molar-refractivity contribution in [2.24, 2.45) is 0 Å². The molecule has 156 valence electrons. The molecule has 0 fully saturated rings. The molecule has 0 spiro atoms. The highest BCUT2D eigenvalue weighted by molar-refractivity contribution is 6.06. The van der Waals surface area contributed by atoms with E-state index >= 15 is 0 Å². The summed E-state index contributed by atoms with van der Waals surface area (Å²) in [5.74, 6) is -1.42. The van der Waals surface area contributed by atoms with Crippen LogP contribution in [0.4, 0.5) is 23.2 Å². The van der Waals surface area contributed by atoms with Crippen LogP contribution in [0.2, 0.25) is 0 Å². The van der Waals surface area contributed by atoms with Crippen LogP contribution in [-0.2, 0) is 6.18 Å². The molecule has 0 saturated carbocycles. The summed E-state index contributed by atoms with van der Waals surface area (Å²) in [5.41, 5.74) is -0.956. The summed E-state index contributed by atoms with van der Waals surface area (Å²) in [5, 5.41) is 2.46. The molecular weight excluding hydrogens is 406 g/mol. The Morgan fingerprint density at radius 2 is 1.87 bits per heavy atom. The van der Waals surface area contributed by atoms with Crippen molar-refractivity contribution >= 4 is 11.6 Å². The molecule has 0 bridgehead atoms. The second kappa shape index (κ2) is 8.36. The molecule has 0 aliphatic rings. The smallest absolute Gasteiger partial charge is 0.417 e. The van der Waals surface area contributed by atoms with E-state index < -0.39 is 29.0 Å². The molecule has 0 aliphatic heterocycles. The van der Waals surface area contributed by atoms with E-state index in [2.05, 4.69) is 15.3 Å². The highest BCUT2D eigenvalue weighted by Crippen LogP contribution is 2.33. The van der Waals surface area contributed by atoms with Gasteiger partial charge in [0.25, 0.3) is 5.91 Å². The molecule has 1 aromatic carbocycles. The zero-order valence-electron chi connectivity index (χ0n) is 15.7. The number of hydrogen-bond acceptors (Lipinski definition) is 5. The monoisotopic (exact) mass is 421 g/mol. The molecule has 0 atom stereocenters. The van der Waals surface area contributed by atoms with Gasteiger partial charge in [0.05, 0.1) is 12.7 Å². The Bertz CT molecular complexity index is 1090. The Labute approximate surface area is 168 Å². The zero-order chi connectivity index (χ0) is 21.9. The van der Waals surface area contributed by atoms with Crippen molar-refractivity contribution in [2.75, 3.05) is 12.4 Å². The van der Waals surface area contributed by atoms with Crippen LogP contribution in [0, 0.1) is 12.7 Å². The number of nitrogens with zero attached hydrogens (tertiary/aromatic N) is 2. The number of pyridine rings is 2. The van der Waals surface area contributed by atoms with Gasteiger partial charge in [0.1, 0.15) is 17.1 Å². The van der Waals surface area contributed by atoms with Crippen molar-refractivity contribution in [1.82, 2.24) is 9.97 Å². The van der Waals surface area contributed by atoms with Crippen molar-refractivity contribution in [3.8, 4) is 17.5 Å². The lowest BCUT2D eigenvalue weighted by Crippen LogP contribution is -2.16. The molecule has 0 saturated heterocycles. The van der Waals surface area contributed by atoms with Gasteiger partial charge in [-0.15, -0.1) is 0 Å². The van der Waals surface area contributed by atoms with Crippen molar-refractivity contribution in [2.45, 2.75) is 13.1 Å². The number of aromatic nitrogens is 2. The summed E-state index contributed by atoms with van der Waals surface area (Å²) in [4.78, 5) is 20.3. The van der Waals surface area contributed by atoms with Crippen LogP contribution < -0.4 is 14.8 Å². The topological polar surface area (TPSA) is 73.3 Å². The minimum Gasteiger partial charge on any atom is -0.481 e. The lowest BCUT2D eigenvalue weighted by atomic mass is 10.1. The Morgan fingerprint density at radius 3 is 2.53 bits per heavy atom. The summed E-state index contributed by atoms with van der Waals surface area (Å²) in [6, 6.07) is 7.06. The van der Waals surface area contributed by atoms with Crippen LogP contribution in [0.15, 0.2) is 48.8 Å². The van der Waals surface area contributed by atoms with Gasteiger partial charge in [-0.05, 0) is 42.8 Å². The molecule has 30 heavy (non-hydrogen) atoms. The standard InChI is InChI=1S/C20H15F4N3O3/c1-11-7-13(21)3-4-16(11)30-19-15(8-12(10-26-19)20(22,23)24)18(28)27-14-5-6-25-17(9-14)29-2/h3-10H,1-2H3,(H,25,27,28). The maximum Gasteiger partial charge on any atom is 0.417 e. The van der Waals surface area contributed by atoms with E-state index in [0.29, 0.717) is 17.8 Å². The fourth-order valence-electron chi connectivity index (χ4n) is 2.48. The van der Waals surface area contributed by atoms with Crippen molar-refractivity contribution in [1.29, 1.82) is 0 Å². The highest BCUT2D eigenvalue weighted by Gasteiger charge is 2.33. The number of aryl methyl sites for hydroxylation is 1. The molecule has 3 aromatic rings. The van der Waals surface area contributed by atoms with Gasteiger partial charge in [0.2, 0.25) is 11.8 Å². The van der Waals surface area contributed by atoms with Crippen LogP contribution in [0.3, 0.4) is 0 Å². The Kier molecular flexibility index (Phi) is 5.86. The van der Waals surface area contributed by atoms with Crippen LogP contribution in [0.1, 0.15) is 21.5 Å². The van der Waals surface area contributed by atoms with Crippen molar-refractivity contribution in [3.05, 3.63) is 71.3 Å². The number of anilines is 1. The number of hydrogen-bond donors (Lipinski definition) is 1. The molecule has 2 heterocycles. The average molecular weight is 421 g/mol. The Morgan fingerprint density at radius 1 is 1.10 bits per heavy atom. The second-order valence-electron chi connectivity index (χ2n) is 6.13. The maximum atomic E-state index is 13.3. The molecule has 0 radical (unpaired) electrons. The van der Waals surface area contributed by atoms with Crippen molar-refractivity contribution in [3.63, 3.8) is 0 Å². The number of methoxy groups -OCH3 is 1. The minimum atomic E-state index is -4.72. The first-order valence-electron chi connectivity index (χ1n) is 8.50. The maximum absolute atomic E-state index is 13.3. The molecule has 1 N–H and O–H groups in total. The molecule has 10 heteroatoms. The lowest BCUT2D eigenvalue weighted by molar-refractivity contribution is -0.137. The third kappa shape index (κ3) is 4.83. The van der Waals surface area contributed by atoms with Crippen LogP contribution in [0.25, 0.3) is 0 Å². The normalized spacial score (nSPS) is 11.1. The largest absolute Gasteiger partial charge is 0.481 e. The van der Waals surface area contributed by atoms with E-state index in [9.17, 15) is 22.4 Å². The van der Waals surface area contributed by atoms with Gasteiger partial charge in [0.15, 0.2) is 0 Å². The highest BCUT2D eigenvalue weighted by atomic mass is 19.4. The summed E-state index contributed by atoms with van der Waals surface area (Å²) in [7, 11) is 1.38. The predicted molar refractivity (Wildman–Crippen MR) is 99.2 cm³/mol. The van der Waals surface area contributed by atoms with E-state index in [1.807, 2.05) is 0 Å². The Hall–Kier alpha value is -3.69. The fraction of sp³-hybridized carbons (Fsp3) is 0.150. The van der Waals surface area contributed by atoms with E-state index in [4.69, 9.17) is 9.47 Å². The third-order valence-corrected chi connectivity index (χ3v) is 3.97. The summed E-state index contributed by atoms with van der Waals surface area (Å²) in [6.45, 7) is 1.55. The molecule has 6 nitrogen and oxygen atoms in total. The zero-order valence-corrected chi connectivity index (χ0v) is 15.7. The number of nitrogens with one attached hydrogen (secondary N) is 1. The Balaban J connectivity index is 1.99. The van der Waals surface area contributed by atoms with Gasteiger partial charge in [-0.25, -0.2) is 14.4 Å². The van der Waals surface area contributed by atoms with Crippen molar-refractivity contribution < 1.29 is 31.8 Å². The van der Waals surface area contributed by atoms with Crippen LogP contribution >= 0.6 is 0 Å². The van der Waals surface area contributed by atoms with Crippen LogP contribution in [-0.4, -0.2) is 23.0 Å². The number of amides is 1. The van der Waals surface area contributed by atoms with Gasteiger partial charge >= 0.3 is 6.18 Å². The lowest BCUT2D eigenvalue weighted by Gasteiger charge is -2.14. The van der Waals surface area contributed by atoms with Gasteiger partial charge < -0.3 is 14.8 Å². The second-order valence-corrected chi connectivity index (χ2v) is 6.13. The molecule has 1 amide bonds. The number of benzene rings is 1. The van der Waals surface area contributed by atoms with Gasteiger partial charge in [-0.1, -0.05) is 0 Å². The van der Waals surface area contributed by atoms with Gasteiger partial charge in [-0.2, -0.15) is 13.2 Å². The van der Waals surface area contributed by atoms with E-state index in [1.165, 1.54) is 37.6 Å². The fourth-order valence-corrected chi connectivity index (χ4v) is 2.48. The molecule has 0 aliphatic carbocycles. The summed E-state index contributed by atoms with van der Waals surface area (Å²) >= 11 is 0. The molecular formula is C20H15F4N3O3. The first-order chi connectivity index (χ1) is 14.2. The van der Waals surface area contributed by atoms with Gasteiger partial charge in [-0.3, -0.25) is 4.79 Å². The summed E-state index contributed by atoms with van der Waals surface area (Å²) in [6.07, 6.45) is -2.80. The summed E-state index contributed by atoms with van der Waals surface area (Å²) < 4.78 is 63.2. The number of alkyl halides is 3. The molecule has 3 rings (SSSR count). The van der Waals surface area contributed by atoms with E-state index in [0.717, 1.165) is 6.07 Å². The predicted octanol–water partition coefficient (Wildman–Crippen LogP) is 5.00. The van der Waals surface area contributed by atoms with Crippen LogP contribution in [0.5, 0.6) is 17.5 Å². The number of ether oxygens (including phenoxy) is 2. The average Bonchev–Trinajstić information content (AvgIpc) is 2.69.